The molecule has 0 aliphatic rings. The van der Waals surface area contributed by atoms with Crippen molar-refractivity contribution in [1.29, 1.82) is 0 Å². The van der Waals surface area contributed by atoms with Gasteiger partial charge in [-0.1, -0.05) is 42.5 Å². The van der Waals surface area contributed by atoms with Gasteiger partial charge in [-0.2, -0.15) is 0 Å². The highest BCUT2D eigenvalue weighted by molar-refractivity contribution is 5.90. The van der Waals surface area contributed by atoms with Crippen LogP contribution in [0.4, 0.5) is 4.79 Å². The highest BCUT2D eigenvalue weighted by Crippen LogP contribution is 2.19. The van der Waals surface area contributed by atoms with E-state index in [0.29, 0.717) is 19.7 Å². The van der Waals surface area contributed by atoms with Gasteiger partial charge in [-0.15, -0.1) is 0 Å². The Morgan fingerprint density at radius 2 is 1.91 bits per heavy atom. The maximum Gasteiger partial charge on any atom is 0.406 e. The summed E-state index contributed by atoms with van der Waals surface area (Å²) >= 11 is 0. The predicted molar refractivity (Wildman–Crippen MR) is 123 cm³/mol. The Morgan fingerprint density at radius 3 is 2.66 bits per heavy atom. The molecule has 1 heterocycles. The minimum atomic E-state index is -0.575. The van der Waals surface area contributed by atoms with Crippen LogP contribution in [0.1, 0.15) is 16.7 Å². The van der Waals surface area contributed by atoms with E-state index in [4.69, 9.17) is 9.94 Å². The summed E-state index contributed by atoms with van der Waals surface area (Å²) in [5.74, 6) is -0.575. The summed E-state index contributed by atoms with van der Waals surface area (Å²) in [4.78, 5) is 28.1. The van der Waals surface area contributed by atoms with E-state index in [0.717, 1.165) is 29.6 Å². The summed E-state index contributed by atoms with van der Waals surface area (Å²) in [5.41, 5.74) is 5.89. The molecule has 0 radical (unpaired) electrons. The fourth-order valence-electron chi connectivity index (χ4n) is 3.43. The van der Waals surface area contributed by atoms with Crippen molar-refractivity contribution in [2.45, 2.75) is 13.0 Å². The third-order valence-electron chi connectivity index (χ3n) is 5.14. The fraction of sp³-hybridized carbons (Fsp3) is 0.250. The lowest BCUT2D eigenvalue weighted by Gasteiger charge is -2.22. The van der Waals surface area contributed by atoms with E-state index in [9.17, 15) is 9.59 Å². The molecule has 0 fully saturated rings. The van der Waals surface area contributed by atoms with Crippen LogP contribution in [0.15, 0.2) is 60.8 Å². The highest BCUT2D eigenvalue weighted by atomic mass is 16.5. The first-order valence-corrected chi connectivity index (χ1v) is 10.4. The quantitative estimate of drug-likeness (QED) is 0.222. The zero-order chi connectivity index (χ0) is 22.8. The average molecular weight is 437 g/mol. The second-order valence-electron chi connectivity index (χ2n) is 7.32. The normalized spacial score (nSPS) is 11.2. The Labute approximate surface area is 186 Å². The number of carbonyl (C=O) groups is 2. The van der Waals surface area contributed by atoms with Crippen molar-refractivity contribution in [2.75, 3.05) is 26.7 Å². The number of hydroxylamine groups is 1. The van der Waals surface area contributed by atoms with Gasteiger partial charge < -0.3 is 15.0 Å². The molecule has 0 spiro atoms. The van der Waals surface area contributed by atoms with Crippen molar-refractivity contribution in [3.05, 3.63) is 77.5 Å². The van der Waals surface area contributed by atoms with Gasteiger partial charge in [0.1, 0.15) is 6.61 Å². The lowest BCUT2D eigenvalue weighted by atomic mass is 10.1. The first kappa shape index (κ1) is 23.1. The Hall–Kier alpha value is -3.62. The molecule has 0 aliphatic carbocycles. The molecule has 0 saturated carbocycles. The van der Waals surface area contributed by atoms with Crippen molar-refractivity contribution < 1.29 is 19.5 Å². The van der Waals surface area contributed by atoms with Crippen molar-refractivity contribution >= 4 is 29.0 Å². The maximum atomic E-state index is 11.4. The predicted octanol–water partition coefficient (Wildman–Crippen LogP) is 3.09. The first-order valence-electron chi connectivity index (χ1n) is 10.4. The van der Waals surface area contributed by atoms with Gasteiger partial charge in [-0.25, -0.2) is 10.3 Å². The molecule has 0 unspecified atom stereocenters. The number of H-pyrrole nitrogens is 1. The van der Waals surface area contributed by atoms with Gasteiger partial charge in [0.2, 0.25) is 0 Å². The molecule has 0 atom stereocenters. The van der Waals surface area contributed by atoms with Gasteiger partial charge in [0, 0.05) is 49.9 Å². The second kappa shape index (κ2) is 11.7. The van der Waals surface area contributed by atoms with Crippen LogP contribution in [0.25, 0.3) is 17.0 Å². The van der Waals surface area contributed by atoms with Crippen LogP contribution in [0, 0.1) is 0 Å². The topological polar surface area (TPSA) is 107 Å². The minimum Gasteiger partial charge on any atom is -0.448 e. The fourth-order valence-corrected chi connectivity index (χ4v) is 3.43. The number of ether oxygens (including phenoxy) is 1. The third kappa shape index (κ3) is 6.69. The molecule has 8 heteroatoms. The van der Waals surface area contributed by atoms with Crippen LogP contribution in [0.3, 0.4) is 0 Å². The van der Waals surface area contributed by atoms with Gasteiger partial charge in [0.15, 0.2) is 0 Å². The van der Waals surface area contributed by atoms with Crippen LogP contribution in [0.5, 0.6) is 0 Å². The smallest absolute Gasteiger partial charge is 0.406 e. The van der Waals surface area contributed by atoms with Gasteiger partial charge >= 0.3 is 6.09 Å². The van der Waals surface area contributed by atoms with E-state index in [1.807, 2.05) is 42.6 Å². The summed E-state index contributed by atoms with van der Waals surface area (Å²) in [5, 5.41) is 12.2. The molecule has 2 amide bonds. The molecule has 0 bridgehead atoms. The van der Waals surface area contributed by atoms with Crippen molar-refractivity contribution in [3.63, 3.8) is 0 Å². The average Bonchev–Trinajstić information content (AvgIpc) is 3.24. The van der Waals surface area contributed by atoms with E-state index in [1.54, 1.807) is 11.6 Å². The summed E-state index contributed by atoms with van der Waals surface area (Å²) in [6.07, 6.45) is 5.36. The molecule has 168 valence electrons. The number of carbonyl (C=O) groups excluding carboxylic acids is 2. The molecule has 0 saturated heterocycles. The lowest BCUT2D eigenvalue weighted by Crippen LogP contribution is -2.31. The van der Waals surface area contributed by atoms with E-state index in [1.165, 1.54) is 24.1 Å². The van der Waals surface area contributed by atoms with Crippen LogP contribution < -0.4 is 10.8 Å². The molecule has 8 nitrogen and oxygen atoms in total. The van der Waals surface area contributed by atoms with E-state index in [-0.39, 0.29) is 0 Å². The Balaban J connectivity index is 1.64. The number of nitrogens with zero attached hydrogens (tertiary/aromatic N) is 1. The minimum absolute atomic E-state index is 0.296. The van der Waals surface area contributed by atoms with Gasteiger partial charge in [-0.3, -0.25) is 14.9 Å². The molecule has 4 N–H and O–H groups in total. The molecule has 0 aliphatic heterocycles. The zero-order valence-corrected chi connectivity index (χ0v) is 18.0. The number of benzene rings is 2. The third-order valence-corrected chi connectivity index (χ3v) is 5.14. The summed E-state index contributed by atoms with van der Waals surface area (Å²) in [6.45, 7) is 2.40. The first-order chi connectivity index (χ1) is 15.6. The largest absolute Gasteiger partial charge is 0.448 e. The summed E-state index contributed by atoms with van der Waals surface area (Å²) in [6, 6.07) is 16.0. The van der Waals surface area contributed by atoms with Crippen molar-refractivity contribution in [1.82, 2.24) is 20.7 Å². The number of amides is 2. The number of hydrogen-bond acceptors (Lipinski definition) is 5. The Morgan fingerprint density at radius 1 is 1.12 bits per heavy atom. The SMILES string of the molecule is CNC(=O)OCCN(CCc1c[nH]c2ccccc12)Cc1ccc(C=CC(=O)NO)cc1. The maximum absolute atomic E-state index is 11.4. The van der Waals surface area contributed by atoms with Gasteiger partial charge in [0.05, 0.1) is 0 Å². The number of fused-ring (bicyclic) bond motifs is 1. The molecule has 3 rings (SSSR count). The van der Waals surface area contributed by atoms with Gasteiger partial charge in [0.25, 0.3) is 5.91 Å². The zero-order valence-electron chi connectivity index (χ0n) is 18.0. The van der Waals surface area contributed by atoms with E-state index >= 15 is 0 Å². The monoisotopic (exact) mass is 436 g/mol. The summed E-state index contributed by atoms with van der Waals surface area (Å²) < 4.78 is 5.19. The number of aromatic amines is 1. The summed E-state index contributed by atoms with van der Waals surface area (Å²) in [7, 11) is 1.54. The molecule has 3 aromatic rings. The van der Waals surface area contributed by atoms with E-state index < -0.39 is 12.0 Å². The second-order valence-corrected chi connectivity index (χ2v) is 7.32. The standard InChI is InChI=1S/C24H28N4O4/c1-25-24(30)32-15-14-28(13-12-20-16-26-22-5-3-2-4-21(20)22)17-19-8-6-18(7-9-19)10-11-23(29)27-31/h2-11,16,26,31H,12-15,17H2,1H3,(H,25,30)(H,27,29). The molecule has 1 aromatic heterocycles. The van der Waals surface area contributed by atoms with Crippen molar-refractivity contribution in [3.8, 4) is 0 Å². The number of nitrogens with one attached hydrogen (secondary N) is 3. The lowest BCUT2D eigenvalue weighted by molar-refractivity contribution is -0.124. The number of alkyl carbamates (subject to hydrolysis) is 1. The van der Waals surface area contributed by atoms with Crippen LogP contribution >= 0.6 is 0 Å². The number of hydrogen-bond donors (Lipinski definition) is 4. The van der Waals surface area contributed by atoms with Crippen LogP contribution in [-0.2, 0) is 22.5 Å². The van der Waals surface area contributed by atoms with E-state index in [2.05, 4.69) is 27.3 Å². The Kier molecular flexibility index (Phi) is 8.42. The highest BCUT2D eigenvalue weighted by Gasteiger charge is 2.10. The molecule has 32 heavy (non-hydrogen) atoms. The number of rotatable bonds is 10. The van der Waals surface area contributed by atoms with Crippen LogP contribution in [0.2, 0.25) is 0 Å². The molecular formula is C24H28N4O4. The number of aromatic nitrogens is 1. The van der Waals surface area contributed by atoms with Crippen LogP contribution in [-0.4, -0.2) is 53.8 Å². The number of para-hydroxylation sites is 1. The Bertz CT molecular complexity index is 1060. The molecule has 2 aromatic carbocycles. The van der Waals surface area contributed by atoms with Crippen molar-refractivity contribution in [2.24, 2.45) is 0 Å². The molecular weight excluding hydrogens is 408 g/mol. The van der Waals surface area contributed by atoms with Gasteiger partial charge in [-0.05, 0) is 35.3 Å².